The highest BCUT2D eigenvalue weighted by atomic mass is 35.5. The molecule has 1 amide bonds. The zero-order valence-electron chi connectivity index (χ0n) is 14.3. The molecule has 0 radical (unpaired) electrons. The van der Waals surface area contributed by atoms with Gasteiger partial charge in [0.15, 0.2) is 0 Å². The number of anilines is 2. The third-order valence-corrected chi connectivity index (χ3v) is 4.94. The lowest BCUT2D eigenvalue weighted by molar-refractivity contribution is 0.102. The molecule has 0 saturated carbocycles. The number of hydrogen-bond donors (Lipinski definition) is 2. The summed E-state index contributed by atoms with van der Waals surface area (Å²) in [6.07, 6.45) is 0. The molecular formula is C21H20ClN3O. The smallest absolute Gasteiger partial charge is 0.255 e. The van der Waals surface area contributed by atoms with E-state index in [-0.39, 0.29) is 5.91 Å². The van der Waals surface area contributed by atoms with Crippen molar-refractivity contribution in [3.05, 3.63) is 71.2 Å². The molecule has 0 aliphatic carbocycles. The van der Waals surface area contributed by atoms with Gasteiger partial charge in [-0.3, -0.25) is 4.79 Å². The second-order valence-corrected chi connectivity index (χ2v) is 6.82. The van der Waals surface area contributed by atoms with Gasteiger partial charge in [0, 0.05) is 42.2 Å². The maximum atomic E-state index is 12.7. The second kappa shape index (κ2) is 7.36. The fourth-order valence-electron chi connectivity index (χ4n) is 3.38. The molecule has 3 aromatic rings. The molecule has 0 unspecified atom stereocenters. The van der Waals surface area contributed by atoms with Crippen molar-refractivity contribution in [2.24, 2.45) is 0 Å². The zero-order chi connectivity index (χ0) is 17.9. The first-order valence-corrected chi connectivity index (χ1v) is 9.14. The van der Waals surface area contributed by atoms with Crippen LogP contribution < -0.4 is 15.5 Å². The van der Waals surface area contributed by atoms with Gasteiger partial charge in [0.2, 0.25) is 0 Å². The van der Waals surface area contributed by atoms with Gasteiger partial charge in [0.05, 0.1) is 11.4 Å². The highest BCUT2D eigenvalue weighted by Crippen LogP contribution is 2.35. The van der Waals surface area contributed by atoms with Gasteiger partial charge < -0.3 is 15.5 Å². The Morgan fingerprint density at radius 1 is 0.962 bits per heavy atom. The van der Waals surface area contributed by atoms with Gasteiger partial charge in [-0.2, -0.15) is 0 Å². The molecule has 4 rings (SSSR count). The van der Waals surface area contributed by atoms with Crippen LogP contribution >= 0.6 is 11.6 Å². The van der Waals surface area contributed by atoms with E-state index < -0.39 is 0 Å². The van der Waals surface area contributed by atoms with Crippen LogP contribution in [-0.2, 0) is 0 Å². The molecule has 0 spiro atoms. The number of hydrogen-bond acceptors (Lipinski definition) is 3. The molecule has 4 nitrogen and oxygen atoms in total. The third kappa shape index (κ3) is 3.39. The highest BCUT2D eigenvalue weighted by Gasteiger charge is 2.19. The van der Waals surface area contributed by atoms with E-state index in [2.05, 4.69) is 33.7 Å². The Hall–Kier alpha value is -2.56. The average molecular weight is 366 g/mol. The fraction of sp³-hybridized carbons (Fsp3) is 0.190. The summed E-state index contributed by atoms with van der Waals surface area (Å²) in [6, 6.07) is 19.3. The summed E-state index contributed by atoms with van der Waals surface area (Å²) in [6.45, 7) is 3.71. The molecule has 1 fully saturated rings. The zero-order valence-corrected chi connectivity index (χ0v) is 15.1. The Kier molecular flexibility index (Phi) is 4.78. The average Bonchev–Trinajstić information content (AvgIpc) is 2.69. The Labute approximate surface area is 157 Å². The molecule has 2 N–H and O–H groups in total. The van der Waals surface area contributed by atoms with Crippen LogP contribution in [-0.4, -0.2) is 32.1 Å². The number of rotatable bonds is 3. The monoisotopic (exact) mass is 365 g/mol. The van der Waals surface area contributed by atoms with Crippen LogP contribution in [0.15, 0.2) is 60.7 Å². The summed E-state index contributed by atoms with van der Waals surface area (Å²) in [7, 11) is 0. The topological polar surface area (TPSA) is 44.4 Å². The first kappa shape index (κ1) is 16.9. The van der Waals surface area contributed by atoms with E-state index in [4.69, 9.17) is 11.6 Å². The first-order chi connectivity index (χ1) is 12.7. The Balaban J connectivity index is 1.73. The summed E-state index contributed by atoms with van der Waals surface area (Å²) in [5.74, 6) is -0.131. The number of nitrogens with one attached hydrogen (secondary N) is 2. The van der Waals surface area contributed by atoms with Crippen LogP contribution in [0.25, 0.3) is 10.8 Å². The minimum absolute atomic E-state index is 0.131. The normalized spacial score (nSPS) is 14.4. The van der Waals surface area contributed by atoms with Gasteiger partial charge in [-0.1, -0.05) is 41.9 Å². The minimum atomic E-state index is -0.131. The van der Waals surface area contributed by atoms with Crippen LogP contribution in [0.4, 0.5) is 11.4 Å². The van der Waals surface area contributed by atoms with Crippen molar-refractivity contribution in [3.8, 4) is 0 Å². The number of carbonyl (C=O) groups excluding carboxylic acids is 1. The number of piperazine rings is 1. The first-order valence-electron chi connectivity index (χ1n) is 8.77. The Morgan fingerprint density at radius 2 is 1.69 bits per heavy atom. The van der Waals surface area contributed by atoms with E-state index in [1.807, 2.05) is 18.2 Å². The number of carbonyl (C=O) groups is 1. The predicted octanol–water partition coefficient (Wildman–Crippen LogP) is 4.16. The highest BCUT2D eigenvalue weighted by molar-refractivity contribution is 6.30. The molecule has 26 heavy (non-hydrogen) atoms. The summed E-state index contributed by atoms with van der Waals surface area (Å²) >= 11 is 5.92. The van der Waals surface area contributed by atoms with E-state index in [1.54, 1.807) is 24.3 Å². The van der Waals surface area contributed by atoms with Crippen molar-refractivity contribution in [1.82, 2.24) is 5.32 Å². The number of benzene rings is 3. The maximum Gasteiger partial charge on any atom is 0.255 e. The van der Waals surface area contributed by atoms with Gasteiger partial charge in [-0.05, 0) is 35.7 Å². The van der Waals surface area contributed by atoms with Gasteiger partial charge >= 0.3 is 0 Å². The van der Waals surface area contributed by atoms with Crippen molar-refractivity contribution in [2.75, 3.05) is 36.4 Å². The van der Waals surface area contributed by atoms with Crippen LogP contribution in [0.1, 0.15) is 10.4 Å². The van der Waals surface area contributed by atoms with E-state index in [0.717, 1.165) is 42.9 Å². The van der Waals surface area contributed by atoms with Gasteiger partial charge in [-0.25, -0.2) is 0 Å². The van der Waals surface area contributed by atoms with Crippen molar-refractivity contribution in [3.63, 3.8) is 0 Å². The summed E-state index contributed by atoms with van der Waals surface area (Å²) in [5.41, 5.74) is 2.52. The molecular weight excluding hydrogens is 346 g/mol. The number of amides is 1. The van der Waals surface area contributed by atoms with E-state index in [1.165, 1.54) is 5.39 Å². The van der Waals surface area contributed by atoms with Crippen molar-refractivity contribution in [1.29, 1.82) is 0 Å². The minimum Gasteiger partial charge on any atom is -0.367 e. The van der Waals surface area contributed by atoms with E-state index >= 15 is 0 Å². The van der Waals surface area contributed by atoms with Crippen LogP contribution in [0.2, 0.25) is 5.02 Å². The molecule has 1 heterocycles. The molecule has 1 aliphatic rings. The van der Waals surface area contributed by atoms with Crippen LogP contribution in [0.3, 0.4) is 0 Å². The molecule has 0 aromatic heterocycles. The van der Waals surface area contributed by atoms with Crippen molar-refractivity contribution < 1.29 is 4.79 Å². The molecule has 0 bridgehead atoms. The van der Waals surface area contributed by atoms with Crippen LogP contribution in [0.5, 0.6) is 0 Å². The molecule has 5 heteroatoms. The SMILES string of the molecule is O=C(Nc1ccc2ccccc2c1N1CCNCC1)c1ccc(Cl)cc1. The largest absolute Gasteiger partial charge is 0.367 e. The second-order valence-electron chi connectivity index (χ2n) is 6.38. The standard InChI is InChI=1S/C21H20ClN3O/c22-17-8-5-16(6-9-17)21(26)24-19-10-7-15-3-1-2-4-18(15)20(19)25-13-11-23-12-14-25/h1-10,23H,11-14H2,(H,24,26). The summed E-state index contributed by atoms with van der Waals surface area (Å²) in [5, 5.41) is 9.42. The van der Waals surface area contributed by atoms with Gasteiger partial charge in [0.25, 0.3) is 5.91 Å². The Bertz CT molecular complexity index is 934. The fourth-order valence-corrected chi connectivity index (χ4v) is 3.51. The van der Waals surface area contributed by atoms with Crippen molar-refractivity contribution >= 4 is 39.7 Å². The maximum absolute atomic E-state index is 12.7. The van der Waals surface area contributed by atoms with Crippen molar-refractivity contribution in [2.45, 2.75) is 0 Å². The predicted molar refractivity (Wildman–Crippen MR) is 108 cm³/mol. The number of nitrogens with zero attached hydrogens (tertiary/aromatic N) is 1. The Morgan fingerprint density at radius 3 is 2.46 bits per heavy atom. The lowest BCUT2D eigenvalue weighted by atomic mass is 10.0. The molecule has 3 aromatic carbocycles. The quantitative estimate of drug-likeness (QED) is 0.732. The summed E-state index contributed by atoms with van der Waals surface area (Å²) < 4.78 is 0. The van der Waals surface area contributed by atoms with E-state index in [0.29, 0.717) is 10.6 Å². The molecule has 1 saturated heterocycles. The lowest BCUT2D eigenvalue weighted by Crippen LogP contribution is -2.44. The molecule has 132 valence electrons. The van der Waals surface area contributed by atoms with Crippen LogP contribution in [0, 0.1) is 0 Å². The van der Waals surface area contributed by atoms with E-state index in [9.17, 15) is 4.79 Å². The molecule has 1 aliphatic heterocycles. The number of fused-ring (bicyclic) bond motifs is 1. The molecule has 0 atom stereocenters. The lowest BCUT2D eigenvalue weighted by Gasteiger charge is -2.32. The number of halogens is 1. The summed E-state index contributed by atoms with van der Waals surface area (Å²) in [4.78, 5) is 15.1. The van der Waals surface area contributed by atoms with Gasteiger partial charge in [0.1, 0.15) is 0 Å². The third-order valence-electron chi connectivity index (χ3n) is 4.69. The van der Waals surface area contributed by atoms with Gasteiger partial charge in [-0.15, -0.1) is 0 Å².